The highest BCUT2D eigenvalue weighted by molar-refractivity contribution is 6.29. The number of imidazole rings is 2. The van der Waals surface area contributed by atoms with E-state index in [1.165, 1.54) is 12.1 Å². The lowest BCUT2D eigenvalue weighted by molar-refractivity contribution is 0.627. The maximum Gasteiger partial charge on any atom is 0.161 e. The predicted octanol–water partition coefficient (Wildman–Crippen LogP) is 4.16. The molecular formula is C18H15ClFN5. The minimum atomic E-state index is -0.285. The molecule has 0 N–H and O–H groups in total. The molecule has 4 aromatic rings. The molecule has 4 rings (SSSR count). The molecule has 0 saturated carbocycles. The topological polar surface area (TPSA) is 48.5 Å². The van der Waals surface area contributed by atoms with Crippen LogP contribution in [0.25, 0.3) is 22.6 Å². The van der Waals surface area contributed by atoms with Gasteiger partial charge in [-0.15, -0.1) is 0 Å². The van der Waals surface area contributed by atoms with Gasteiger partial charge in [-0.2, -0.15) is 0 Å². The molecule has 0 aliphatic carbocycles. The highest BCUT2D eigenvalue weighted by Crippen LogP contribution is 2.22. The smallest absolute Gasteiger partial charge is 0.161 e. The zero-order chi connectivity index (χ0) is 17.4. The molecule has 126 valence electrons. The van der Waals surface area contributed by atoms with Crippen LogP contribution < -0.4 is 0 Å². The third-order valence-corrected chi connectivity index (χ3v) is 4.27. The fraction of sp³-hybridized carbons (Fsp3) is 0.167. The summed E-state index contributed by atoms with van der Waals surface area (Å²) in [5.74, 6) is 1.26. The first kappa shape index (κ1) is 15.8. The molecule has 1 aromatic carbocycles. The van der Waals surface area contributed by atoms with Gasteiger partial charge in [-0.25, -0.2) is 19.3 Å². The zero-order valence-corrected chi connectivity index (χ0v) is 14.3. The number of benzene rings is 1. The summed E-state index contributed by atoms with van der Waals surface area (Å²) in [6, 6.07) is 10.0. The van der Waals surface area contributed by atoms with Gasteiger partial charge in [-0.3, -0.25) is 0 Å². The zero-order valence-electron chi connectivity index (χ0n) is 13.5. The summed E-state index contributed by atoms with van der Waals surface area (Å²) in [4.78, 5) is 13.4. The number of rotatable bonds is 4. The second kappa shape index (κ2) is 6.29. The van der Waals surface area contributed by atoms with Gasteiger partial charge in [0.15, 0.2) is 5.65 Å². The Balaban J connectivity index is 1.77. The Morgan fingerprint density at radius 2 is 2.04 bits per heavy atom. The van der Waals surface area contributed by atoms with Crippen LogP contribution in [0.15, 0.2) is 48.8 Å². The number of nitrogens with zero attached hydrogens (tertiary/aromatic N) is 5. The van der Waals surface area contributed by atoms with Gasteiger partial charge in [-0.05, 0) is 31.2 Å². The number of aromatic nitrogens is 5. The van der Waals surface area contributed by atoms with Crippen LogP contribution in [0.5, 0.6) is 0 Å². The Hall–Kier alpha value is -2.73. The van der Waals surface area contributed by atoms with Gasteiger partial charge in [0.05, 0.1) is 6.54 Å². The highest BCUT2D eigenvalue weighted by atomic mass is 35.5. The monoisotopic (exact) mass is 355 g/mol. The average Bonchev–Trinajstić information content (AvgIpc) is 3.19. The SMILES string of the molecule is CCn1c(Cn2ccnc2-c2cccc(F)c2)nc2ccc(Cl)nc21. The normalized spacial score (nSPS) is 11.3. The van der Waals surface area contributed by atoms with Crippen molar-refractivity contribution in [3.05, 3.63) is 65.6 Å². The molecule has 0 radical (unpaired) electrons. The fourth-order valence-corrected chi connectivity index (χ4v) is 3.10. The van der Waals surface area contributed by atoms with Crippen LogP contribution >= 0.6 is 11.6 Å². The van der Waals surface area contributed by atoms with Crippen LogP contribution in [-0.2, 0) is 13.1 Å². The molecule has 25 heavy (non-hydrogen) atoms. The lowest BCUT2D eigenvalue weighted by Crippen LogP contribution is -2.09. The maximum absolute atomic E-state index is 13.5. The second-order valence-electron chi connectivity index (χ2n) is 5.64. The quantitative estimate of drug-likeness (QED) is 0.516. The van der Waals surface area contributed by atoms with E-state index in [1.807, 2.05) is 34.4 Å². The van der Waals surface area contributed by atoms with Gasteiger partial charge in [0, 0.05) is 24.5 Å². The standard InChI is InChI=1S/C18H15ClFN5/c1-2-25-16(22-14-6-7-15(19)23-18(14)25)11-24-9-8-21-17(24)12-4-3-5-13(20)10-12/h3-10H,2,11H2,1H3. The summed E-state index contributed by atoms with van der Waals surface area (Å²) in [6.07, 6.45) is 3.56. The fourth-order valence-electron chi connectivity index (χ4n) is 2.96. The Kier molecular flexibility index (Phi) is 3.97. The number of fused-ring (bicyclic) bond motifs is 1. The van der Waals surface area contributed by atoms with E-state index in [2.05, 4.69) is 15.0 Å². The van der Waals surface area contributed by atoms with Gasteiger partial charge >= 0.3 is 0 Å². The van der Waals surface area contributed by atoms with Crippen LogP contribution in [0.2, 0.25) is 5.15 Å². The minimum Gasteiger partial charge on any atom is -0.323 e. The van der Waals surface area contributed by atoms with Crippen LogP contribution in [0.3, 0.4) is 0 Å². The number of hydrogen-bond donors (Lipinski definition) is 0. The molecule has 0 amide bonds. The molecule has 7 heteroatoms. The number of halogens is 2. The van der Waals surface area contributed by atoms with Crippen molar-refractivity contribution in [1.29, 1.82) is 0 Å². The van der Waals surface area contributed by atoms with E-state index in [1.54, 1.807) is 18.3 Å². The van der Waals surface area contributed by atoms with Crippen molar-refractivity contribution in [3.8, 4) is 11.4 Å². The molecule has 3 aromatic heterocycles. The molecule has 0 unspecified atom stereocenters. The Morgan fingerprint density at radius 3 is 2.84 bits per heavy atom. The van der Waals surface area contributed by atoms with Crippen LogP contribution in [-0.4, -0.2) is 24.1 Å². The van der Waals surface area contributed by atoms with Crippen molar-refractivity contribution in [3.63, 3.8) is 0 Å². The third kappa shape index (κ3) is 2.89. The summed E-state index contributed by atoms with van der Waals surface area (Å²) in [7, 11) is 0. The van der Waals surface area contributed by atoms with Crippen LogP contribution in [0.1, 0.15) is 12.7 Å². The second-order valence-corrected chi connectivity index (χ2v) is 6.03. The first-order valence-electron chi connectivity index (χ1n) is 7.94. The van der Waals surface area contributed by atoms with Crippen LogP contribution in [0.4, 0.5) is 4.39 Å². The molecule has 3 heterocycles. The third-order valence-electron chi connectivity index (χ3n) is 4.06. The van der Waals surface area contributed by atoms with E-state index in [0.717, 1.165) is 29.1 Å². The molecule has 0 bridgehead atoms. The van der Waals surface area contributed by atoms with E-state index in [-0.39, 0.29) is 5.82 Å². The van der Waals surface area contributed by atoms with E-state index >= 15 is 0 Å². The molecular weight excluding hydrogens is 341 g/mol. The highest BCUT2D eigenvalue weighted by Gasteiger charge is 2.14. The van der Waals surface area contributed by atoms with Gasteiger partial charge in [-0.1, -0.05) is 23.7 Å². The molecule has 0 aliphatic heterocycles. The number of pyridine rings is 1. The molecule has 0 aliphatic rings. The van der Waals surface area contributed by atoms with Gasteiger partial charge < -0.3 is 9.13 Å². The maximum atomic E-state index is 13.5. The summed E-state index contributed by atoms with van der Waals surface area (Å²) in [5, 5.41) is 0.441. The molecule has 0 atom stereocenters. The largest absolute Gasteiger partial charge is 0.323 e. The van der Waals surface area contributed by atoms with Crippen molar-refractivity contribution in [1.82, 2.24) is 24.1 Å². The van der Waals surface area contributed by atoms with Crippen molar-refractivity contribution in [2.75, 3.05) is 0 Å². The molecule has 0 spiro atoms. The summed E-state index contributed by atoms with van der Waals surface area (Å²) >= 11 is 6.02. The van der Waals surface area contributed by atoms with Gasteiger partial charge in [0.2, 0.25) is 0 Å². The molecule has 0 saturated heterocycles. The average molecular weight is 356 g/mol. The van der Waals surface area contributed by atoms with Gasteiger partial charge in [0.25, 0.3) is 0 Å². The van der Waals surface area contributed by atoms with Crippen molar-refractivity contribution < 1.29 is 4.39 Å². The lowest BCUT2D eigenvalue weighted by Gasteiger charge is -2.09. The predicted molar refractivity (Wildman–Crippen MR) is 94.9 cm³/mol. The Bertz CT molecular complexity index is 1050. The number of aryl methyl sites for hydroxylation is 1. The van der Waals surface area contributed by atoms with Gasteiger partial charge in [0.1, 0.15) is 28.1 Å². The summed E-state index contributed by atoms with van der Waals surface area (Å²) in [6.45, 7) is 3.27. The van der Waals surface area contributed by atoms with Crippen molar-refractivity contribution >= 4 is 22.8 Å². The van der Waals surface area contributed by atoms with E-state index in [9.17, 15) is 4.39 Å². The van der Waals surface area contributed by atoms with Crippen molar-refractivity contribution in [2.45, 2.75) is 20.0 Å². The first-order chi connectivity index (χ1) is 12.2. The van der Waals surface area contributed by atoms with E-state index in [0.29, 0.717) is 17.5 Å². The van der Waals surface area contributed by atoms with Crippen molar-refractivity contribution in [2.24, 2.45) is 0 Å². The Morgan fingerprint density at radius 1 is 1.16 bits per heavy atom. The molecule has 5 nitrogen and oxygen atoms in total. The summed E-state index contributed by atoms with van der Waals surface area (Å²) in [5.41, 5.74) is 2.29. The first-order valence-corrected chi connectivity index (χ1v) is 8.32. The number of hydrogen-bond acceptors (Lipinski definition) is 3. The van der Waals surface area contributed by atoms with E-state index < -0.39 is 0 Å². The summed E-state index contributed by atoms with van der Waals surface area (Å²) < 4.78 is 17.5. The van der Waals surface area contributed by atoms with E-state index in [4.69, 9.17) is 11.6 Å². The van der Waals surface area contributed by atoms with Crippen LogP contribution in [0, 0.1) is 5.82 Å². The lowest BCUT2D eigenvalue weighted by atomic mass is 10.2. The minimum absolute atomic E-state index is 0.285. The molecule has 0 fully saturated rings. The Labute approximate surface area is 148 Å².